The van der Waals surface area contributed by atoms with E-state index in [4.69, 9.17) is 0 Å². The highest BCUT2D eigenvalue weighted by molar-refractivity contribution is 5.92. The molecule has 1 aromatic carbocycles. The third kappa shape index (κ3) is 2.04. The van der Waals surface area contributed by atoms with E-state index in [1.165, 1.54) is 17.2 Å². The maximum Gasteiger partial charge on any atom is 0.156 e. The topological polar surface area (TPSA) is 41.1 Å². The van der Waals surface area contributed by atoms with Gasteiger partial charge in [-0.2, -0.15) is 5.10 Å². The summed E-state index contributed by atoms with van der Waals surface area (Å²) in [6, 6.07) is 8.79. The Kier molecular flexibility index (Phi) is 2.88. The summed E-state index contributed by atoms with van der Waals surface area (Å²) in [5.41, 5.74) is 0.986. The molecule has 1 saturated heterocycles. The van der Waals surface area contributed by atoms with Crippen LogP contribution in [0.2, 0.25) is 0 Å². The first-order chi connectivity index (χ1) is 8.74. The summed E-state index contributed by atoms with van der Waals surface area (Å²) in [5, 5.41) is 14.4. The number of benzene rings is 1. The summed E-state index contributed by atoms with van der Waals surface area (Å²) in [7, 11) is 2.15. The van der Waals surface area contributed by atoms with Crippen LogP contribution >= 0.6 is 0 Å². The zero-order chi connectivity index (χ0) is 12.5. The van der Waals surface area contributed by atoms with Crippen LogP contribution in [0.4, 0.5) is 5.82 Å². The first-order valence-electron chi connectivity index (χ1n) is 6.41. The summed E-state index contributed by atoms with van der Waals surface area (Å²) in [5.74, 6) is 0.913. The predicted octanol–water partition coefficient (Wildman–Crippen LogP) is 2.05. The molecule has 1 fully saturated rings. The Balaban J connectivity index is 1.95. The summed E-state index contributed by atoms with van der Waals surface area (Å²) >= 11 is 0. The Hall–Kier alpha value is -1.68. The molecule has 0 bridgehead atoms. The van der Waals surface area contributed by atoms with E-state index in [2.05, 4.69) is 45.7 Å². The molecular formula is C14H18N4. The summed E-state index contributed by atoms with van der Waals surface area (Å²) in [6.07, 6.45) is 1.17. The maximum atomic E-state index is 4.32. The minimum atomic E-state index is 0.482. The van der Waals surface area contributed by atoms with Crippen molar-refractivity contribution < 1.29 is 0 Å². The molecule has 94 valence electrons. The van der Waals surface area contributed by atoms with Crippen molar-refractivity contribution in [2.24, 2.45) is 0 Å². The van der Waals surface area contributed by atoms with Crippen molar-refractivity contribution in [1.29, 1.82) is 0 Å². The molecule has 0 amide bonds. The third-order valence-electron chi connectivity index (χ3n) is 3.60. The molecule has 1 aliphatic rings. The van der Waals surface area contributed by atoms with E-state index < -0.39 is 0 Å². The van der Waals surface area contributed by atoms with Gasteiger partial charge in [0.25, 0.3) is 0 Å². The molecule has 18 heavy (non-hydrogen) atoms. The van der Waals surface area contributed by atoms with Gasteiger partial charge in [-0.25, -0.2) is 0 Å². The zero-order valence-electron chi connectivity index (χ0n) is 10.8. The Bertz CT molecular complexity index is 567. The first-order valence-corrected chi connectivity index (χ1v) is 6.41. The molecule has 4 heteroatoms. The number of hydrogen-bond acceptors (Lipinski definition) is 4. The Morgan fingerprint density at radius 2 is 2.00 bits per heavy atom. The highest BCUT2D eigenvalue weighted by Crippen LogP contribution is 2.24. The lowest BCUT2D eigenvalue weighted by molar-refractivity contribution is 0.414. The molecule has 1 aromatic heterocycles. The van der Waals surface area contributed by atoms with E-state index in [0.29, 0.717) is 6.04 Å². The standard InChI is InChI=1S/C14H18N4/c1-10-12-5-3-4-6-13(12)14(17-16-10)15-11-7-8-18(2)9-11/h3-6,11H,7-9H2,1-2H3,(H,15,17). The highest BCUT2D eigenvalue weighted by atomic mass is 15.2. The summed E-state index contributed by atoms with van der Waals surface area (Å²) in [4.78, 5) is 2.33. The summed E-state index contributed by atoms with van der Waals surface area (Å²) < 4.78 is 0. The lowest BCUT2D eigenvalue weighted by Gasteiger charge is -2.15. The quantitative estimate of drug-likeness (QED) is 0.875. The number of aromatic nitrogens is 2. The van der Waals surface area contributed by atoms with Crippen LogP contribution in [0.1, 0.15) is 12.1 Å². The van der Waals surface area contributed by atoms with Gasteiger partial charge >= 0.3 is 0 Å². The highest BCUT2D eigenvalue weighted by Gasteiger charge is 2.20. The monoisotopic (exact) mass is 242 g/mol. The van der Waals surface area contributed by atoms with Gasteiger partial charge in [0.05, 0.1) is 5.69 Å². The van der Waals surface area contributed by atoms with E-state index in [-0.39, 0.29) is 0 Å². The van der Waals surface area contributed by atoms with Gasteiger partial charge in [-0.3, -0.25) is 0 Å². The van der Waals surface area contributed by atoms with Gasteiger partial charge in [0.1, 0.15) is 0 Å². The number of likely N-dealkylation sites (N-methyl/N-ethyl adjacent to an activating group) is 1. The lowest BCUT2D eigenvalue weighted by atomic mass is 10.1. The second-order valence-corrected chi connectivity index (χ2v) is 5.07. The zero-order valence-corrected chi connectivity index (χ0v) is 10.8. The Labute approximate surface area is 107 Å². The number of nitrogens with zero attached hydrogens (tertiary/aromatic N) is 3. The number of fused-ring (bicyclic) bond motifs is 1. The number of rotatable bonds is 2. The Morgan fingerprint density at radius 1 is 1.22 bits per heavy atom. The second-order valence-electron chi connectivity index (χ2n) is 5.07. The number of aryl methyl sites for hydroxylation is 1. The first kappa shape index (κ1) is 11.4. The molecule has 4 nitrogen and oxygen atoms in total. The van der Waals surface area contributed by atoms with Gasteiger partial charge < -0.3 is 10.2 Å². The van der Waals surface area contributed by atoms with Crippen molar-refractivity contribution >= 4 is 16.6 Å². The van der Waals surface area contributed by atoms with Gasteiger partial charge in [0.2, 0.25) is 0 Å². The minimum absolute atomic E-state index is 0.482. The molecule has 1 atom stereocenters. The average Bonchev–Trinajstić information content (AvgIpc) is 2.79. The van der Waals surface area contributed by atoms with Gasteiger partial charge in [-0.1, -0.05) is 24.3 Å². The molecule has 2 heterocycles. The molecule has 1 aliphatic heterocycles. The van der Waals surface area contributed by atoms with E-state index in [1.807, 2.05) is 13.0 Å². The lowest BCUT2D eigenvalue weighted by Crippen LogP contribution is -2.24. The van der Waals surface area contributed by atoms with Crippen LogP contribution in [0, 0.1) is 6.92 Å². The molecule has 0 aliphatic carbocycles. The largest absolute Gasteiger partial charge is 0.364 e. The molecule has 1 unspecified atom stereocenters. The minimum Gasteiger partial charge on any atom is -0.364 e. The van der Waals surface area contributed by atoms with Crippen LogP contribution < -0.4 is 5.32 Å². The molecule has 0 radical (unpaired) electrons. The molecular weight excluding hydrogens is 224 g/mol. The van der Waals surface area contributed by atoms with Crippen molar-refractivity contribution in [2.75, 3.05) is 25.5 Å². The van der Waals surface area contributed by atoms with Crippen LogP contribution in [-0.2, 0) is 0 Å². The van der Waals surface area contributed by atoms with Crippen LogP contribution in [0.5, 0.6) is 0 Å². The Morgan fingerprint density at radius 3 is 2.72 bits per heavy atom. The van der Waals surface area contributed by atoms with Gasteiger partial charge in [-0.05, 0) is 26.9 Å². The molecule has 2 aromatic rings. The normalized spacial score (nSPS) is 20.4. The van der Waals surface area contributed by atoms with Crippen molar-refractivity contribution in [3.8, 4) is 0 Å². The van der Waals surface area contributed by atoms with E-state index in [9.17, 15) is 0 Å². The van der Waals surface area contributed by atoms with E-state index >= 15 is 0 Å². The molecule has 0 spiro atoms. The number of hydrogen-bond donors (Lipinski definition) is 1. The van der Waals surface area contributed by atoms with Crippen molar-refractivity contribution in [3.05, 3.63) is 30.0 Å². The van der Waals surface area contributed by atoms with Crippen molar-refractivity contribution in [1.82, 2.24) is 15.1 Å². The van der Waals surface area contributed by atoms with Crippen LogP contribution in [0.3, 0.4) is 0 Å². The fourth-order valence-corrected chi connectivity index (χ4v) is 2.59. The van der Waals surface area contributed by atoms with Crippen LogP contribution in [0.25, 0.3) is 10.8 Å². The maximum absolute atomic E-state index is 4.32. The molecule has 3 rings (SSSR count). The van der Waals surface area contributed by atoms with E-state index in [1.54, 1.807) is 0 Å². The van der Waals surface area contributed by atoms with E-state index in [0.717, 1.165) is 24.6 Å². The number of anilines is 1. The molecule has 0 saturated carbocycles. The number of likely N-dealkylation sites (tertiary alicyclic amines) is 1. The average molecular weight is 242 g/mol. The van der Waals surface area contributed by atoms with Crippen molar-refractivity contribution in [3.63, 3.8) is 0 Å². The second kappa shape index (κ2) is 4.53. The smallest absolute Gasteiger partial charge is 0.156 e. The molecule has 1 N–H and O–H groups in total. The fourth-order valence-electron chi connectivity index (χ4n) is 2.59. The summed E-state index contributed by atoms with van der Waals surface area (Å²) in [6.45, 7) is 4.22. The van der Waals surface area contributed by atoms with Gasteiger partial charge in [-0.15, -0.1) is 5.10 Å². The van der Waals surface area contributed by atoms with Gasteiger partial charge in [0, 0.05) is 23.4 Å². The third-order valence-corrected chi connectivity index (χ3v) is 3.60. The SMILES string of the molecule is Cc1nnc(NC2CCN(C)C2)c2ccccc12. The predicted molar refractivity (Wildman–Crippen MR) is 73.8 cm³/mol. The van der Waals surface area contributed by atoms with Gasteiger partial charge in [0.15, 0.2) is 5.82 Å². The van der Waals surface area contributed by atoms with Crippen molar-refractivity contribution in [2.45, 2.75) is 19.4 Å². The van der Waals surface area contributed by atoms with Crippen LogP contribution in [0.15, 0.2) is 24.3 Å². The van der Waals surface area contributed by atoms with Crippen LogP contribution in [-0.4, -0.2) is 41.3 Å². The number of nitrogens with one attached hydrogen (secondary N) is 1. The fraction of sp³-hybridized carbons (Fsp3) is 0.429.